The van der Waals surface area contributed by atoms with Gasteiger partial charge in [-0.05, 0) is 30.9 Å². The number of aromatic nitrogens is 1. The molecule has 1 aliphatic heterocycles. The molecule has 0 aliphatic carbocycles. The summed E-state index contributed by atoms with van der Waals surface area (Å²) < 4.78 is 2.19. The highest BCUT2D eigenvalue weighted by molar-refractivity contribution is 5.84. The second-order valence-corrected chi connectivity index (χ2v) is 5.36. The molecular weight excluding hydrogens is 184 g/mol. The zero-order valence-corrected chi connectivity index (χ0v) is 10.1. The summed E-state index contributed by atoms with van der Waals surface area (Å²) in [7, 11) is 2.11. The van der Waals surface area contributed by atoms with Crippen molar-refractivity contribution in [2.45, 2.75) is 39.7 Å². The third-order valence-corrected chi connectivity index (χ3v) is 3.44. The maximum Gasteiger partial charge on any atom is 0.0607 e. The normalized spacial score (nSPS) is 24.3. The topological polar surface area (TPSA) is 17.3 Å². The quantitative estimate of drug-likeness (QED) is 0.705. The summed E-state index contributed by atoms with van der Waals surface area (Å²) >= 11 is 0. The molecule has 0 fully saturated rings. The SMILES string of the molecule is CC1=N[C@H](Cc2cccn2C)C(C)(C)C1. The summed E-state index contributed by atoms with van der Waals surface area (Å²) in [5.41, 5.74) is 3.01. The minimum atomic E-state index is 0.328. The van der Waals surface area contributed by atoms with E-state index >= 15 is 0 Å². The average molecular weight is 204 g/mol. The second kappa shape index (κ2) is 3.51. The van der Waals surface area contributed by atoms with Gasteiger partial charge in [-0.25, -0.2) is 0 Å². The van der Waals surface area contributed by atoms with Gasteiger partial charge in [0.15, 0.2) is 0 Å². The molecule has 0 unspecified atom stereocenters. The fourth-order valence-electron chi connectivity index (χ4n) is 2.49. The minimum Gasteiger partial charge on any atom is -0.354 e. The Morgan fingerprint density at radius 1 is 1.53 bits per heavy atom. The van der Waals surface area contributed by atoms with Crippen LogP contribution in [-0.4, -0.2) is 16.3 Å². The van der Waals surface area contributed by atoms with Crippen LogP contribution in [0.1, 0.15) is 32.9 Å². The molecule has 2 rings (SSSR count). The third kappa shape index (κ3) is 1.99. The number of aliphatic imine (C=N–C) groups is 1. The van der Waals surface area contributed by atoms with Crippen molar-refractivity contribution in [3.63, 3.8) is 0 Å². The zero-order valence-electron chi connectivity index (χ0n) is 10.1. The first-order valence-corrected chi connectivity index (χ1v) is 5.62. The molecule has 0 amide bonds. The van der Waals surface area contributed by atoms with Crippen molar-refractivity contribution in [3.05, 3.63) is 24.0 Å². The van der Waals surface area contributed by atoms with Crippen LogP contribution in [0.3, 0.4) is 0 Å². The summed E-state index contributed by atoms with van der Waals surface area (Å²) in [5, 5.41) is 0. The first-order chi connectivity index (χ1) is 6.99. The largest absolute Gasteiger partial charge is 0.354 e. The van der Waals surface area contributed by atoms with Gasteiger partial charge in [0, 0.05) is 31.1 Å². The van der Waals surface area contributed by atoms with Crippen LogP contribution >= 0.6 is 0 Å². The minimum absolute atomic E-state index is 0.328. The number of hydrogen-bond donors (Lipinski definition) is 0. The summed E-state index contributed by atoms with van der Waals surface area (Å²) in [6.45, 7) is 6.79. The predicted molar refractivity (Wildman–Crippen MR) is 64.4 cm³/mol. The maximum atomic E-state index is 4.76. The molecular formula is C13H20N2. The molecule has 15 heavy (non-hydrogen) atoms. The molecule has 2 heterocycles. The third-order valence-electron chi connectivity index (χ3n) is 3.44. The molecule has 0 N–H and O–H groups in total. The number of hydrogen-bond acceptors (Lipinski definition) is 1. The maximum absolute atomic E-state index is 4.76. The van der Waals surface area contributed by atoms with Gasteiger partial charge in [0.2, 0.25) is 0 Å². The lowest BCUT2D eigenvalue weighted by Gasteiger charge is -2.25. The molecule has 0 saturated carbocycles. The van der Waals surface area contributed by atoms with Crippen molar-refractivity contribution in [1.29, 1.82) is 0 Å². The van der Waals surface area contributed by atoms with Gasteiger partial charge in [-0.15, -0.1) is 0 Å². The van der Waals surface area contributed by atoms with Gasteiger partial charge in [-0.2, -0.15) is 0 Å². The Balaban J connectivity index is 2.16. The van der Waals surface area contributed by atoms with E-state index in [1.165, 1.54) is 11.4 Å². The molecule has 1 aromatic heterocycles. The summed E-state index contributed by atoms with van der Waals surface area (Å²) in [6.07, 6.45) is 4.31. The molecule has 1 atom stereocenters. The van der Waals surface area contributed by atoms with Crippen LogP contribution in [0.2, 0.25) is 0 Å². The van der Waals surface area contributed by atoms with E-state index in [1.54, 1.807) is 0 Å². The van der Waals surface area contributed by atoms with Crippen molar-refractivity contribution < 1.29 is 0 Å². The average Bonchev–Trinajstić information content (AvgIpc) is 2.59. The first-order valence-electron chi connectivity index (χ1n) is 5.62. The monoisotopic (exact) mass is 204 g/mol. The van der Waals surface area contributed by atoms with Gasteiger partial charge in [0.25, 0.3) is 0 Å². The van der Waals surface area contributed by atoms with Crippen molar-refractivity contribution >= 4 is 5.71 Å². The first kappa shape index (κ1) is 10.5. The Morgan fingerprint density at radius 3 is 2.73 bits per heavy atom. The second-order valence-electron chi connectivity index (χ2n) is 5.36. The van der Waals surface area contributed by atoms with Crippen LogP contribution in [0.5, 0.6) is 0 Å². The van der Waals surface area contributed by atoms with Crippen LogP contribution < -0.4 is 0 Å². The molecule has 2 nitrogen and oxygen atoms in total. The van der Waals surface area contributed by atoms with E-state index < -0.39 is 0 Å². The Labute approximate surface area is 92.0 Å². The van der Waals surface area contributed by atoms with Gasteiger partial charge >= 0.3 is 0 Å². The van der Waals surface area contributed by atoms with Gasteiger partial charge in [-0.1, -0.05) is 13.8 Å². The Bertz CT molecular complexity index is 385. The van der Waals surface area contributed by atoms with E-state index in [-0.39, 0.29) is 0 Å². The Morgan fingerprint density at radius 2 is 2.27 bits per heavy atom. The van der Waals surface area contributed by atoms with E-state index in [9.17, 15) is 0 Å². The summed E-state index contributed by atoms with van der Waals surface area (Å²) in [4.78, 5) is 4.76. The summed E-state index contributed by atoms with van der Waals surface area (Å²) in [5.74, 6) is 0. The van der Waals surface area contributed by atoms with Crippen LogP contribution in [0.4, 0.5) is 0 Å². The van der Waals surface area contributed by atoms with Crippen molar-refractivity contribution in [2.24, 2.45) is 17.5 Å². The molecule has 0 saturated heterocycles. The lowest BCUT2D eigenvalue weighted by atomic mass is 9.81. The van der Waals surface area contributed by atoms with Gasteiger partial charge < -0.3 is 4.57 Å². The Kier molecular flexibility index (Phi) is 2.45. The van der Waals surface area contributed by atoms with E-state index in [1.807, 2.05) is 0 Å². The molecule has 82 valence electrons. The standard InChI is InChI=1S/C13H20N2/c1-10-9-13(2,3)12(14-10)8-11-6-5-7-15(11)4/h5-7,12H,8-9H2,1-4H3/t12-/m1/s1. The van der Waals surface area contributed by atoms with E-state index in [0.717, 1.165) is 12.8 Å². The molecule has 0 spiro atoms. The fraction of sp³-hybridized carbons (Fsp3) is 0.615. The highest BCUT2D eigenvalue weighted by Crippen LogP contribution is 2.35. The molecule has 1 aliphatic rings. The van der Waals surface area contributed by atoms with Crippen LogP contribution in [0.15, 0.2) is 23.3 Å². The fourth-order valence-corrected chi connectivity index (χ4v) is 2.49. The van der Waals surface area contributed by atoms with Crippen LogP contribution in [-0.2, 0) is 13.5 Å². The zero-order chi connectivity index (χ0) is 11.1. The number of rotatable bonds is 2. The van der Waals surface area contributed by atoms with Gasteiger partial charge in [0.1, 0.15) is 0 Å². The molecule has 0 aromatic carbocycles. The molecule has 1 aromatic rings. The lowest BCUT2D eigenvalue weighted by Crippen LogP contribution is -2.26. The molecule has 2 heteroatoms. The van der Waals surface area contributed by atoms with Gasteiger partial charge in [-0.3, -0.25) is 4.99 Å². The van der Waals surface area contributed by atoms with E-state index in [2.05, 4.69) is 50.7 Å². The lowest BCUT2D eigenvalue weighted by molar-refractivity contribution is 0.319. The molecule has 0 bridgehead atoms. The van der Waals surface area contributed by atoms with Crippen molar-refractivity contribution in [3.8, 4) is 0 Å². The highest BCUT2D eigenvalue weighted by Gasteiger charge is 2.35. The summed E-state index contributed by atoms with van der Waals surface area (Å²) in [6, 6.07) is 4.75. The van der Waals surface area contributed by atoms with E-state index in [4.69, 9.17) is 4.99 Å². The van der Waals surface area contributed by atoms with E-state index in [0.29, 0.717) is 11.5 Å². The number of aryl methyl sites for hydroxylation is 1. The van der Waals surface area contributed by atoms with Crippen LogP contribution in [0, 0.1) is 5.41 Å². The smallest absolute Gasteiger partial charge is 0.0607 e. The van der Waals surface area contributed by atoms with Crippen molar-refractivity contribution in [1.82, 2.24) is 4.57 Å². The molecule has 0 radical (unpaired) electrons. The number of nitrogens with zero attached hydrogens (tertiary/aromatic N) is 2. The predicted octanol–water partition coefficient (Wildman–Crippen LogP) is 2.83. The van der Waals surface area contributed by atoms with Crippen molar-refractivity contribution in [2.75, 3.05) is 0 Å². The highest BCUT2D eigenvalue weighted by atomic mass is 14.9. The Hall–Kier alpha value is -1.05. The van der Waals surface area contributed by atoms with Gasteiger partial charge in [0.05, 0.1) is 6.04 Å². The van der Waals surface area contributed by atoms with Crippen LogP contribution in [0.25, 0.3) is 0 Å².